The van der Waals surface area contributed by atoms with Crippen LogP contribution in [0, 0.1) is 13.8 Å². The number of phenols is 2. The molecule has 0 fully saturated rings. The van der Waals surface area contributed by atoms with E-state index in [9.17, 15) is 20.4 Å². The number of aromatic hydroxyl groups is 2. The number of benzene rings is 2. The number of phenolic OH excluding ortho intramolecular Hbond substituents is 2. The molecule has 4 rings (SSSR count). The third kappa shape index (κ3) is 9.61. The quantitative estimate of drug-likeness (QED) is 0.138. The number of para-hydroxylation sites is 2. The van der Waals surface area contributed by atoms with E-state index in [4.69, 9.17) is 0 Å². The van der Waals surface area contributed by atoms with E-state index in [0.717, 1.165) is 0 Å². The summed E-state index contributed by atoms with van der Waals surface area (Å²) in [6.45, 7) is 6.98. The number of hydrogen-bond acceptors (Lipinski definition) is 12. The summed E-state index contributed by atoms with van der Waals surface area (Å²) >= 11 is 0. The summed E-state index contributed by atoms with van der Waals surface area (Å²) in [5.41, 5.74) is 3.78. The summed E-state index contributed by atoms with van der Waals surface area (Å²) < 4.78 is 0. The molecular weight excluding hydrogens is 594 g/mol. The Balaban J connectivity index is 0.000000401. The van der Waals surface area contributed by atoms with Gasteiger partial charge in [0.05, 0.1) is 22.8 Å². The van der Waals surface area contributed by atoms with Gasteiger partial charge in [0.15, 0.2) is 0 Å². The van der Waals surface area contributed by atoms with Crippen LogP contribution >= 0.6 is 0 Å². The van der Waals surface area contributed by atoms with Crippen molar-refractivity contribution in [1.29, 1.82) is 0 Å². The van der Waals surface area contributed by atoms with Crippen molar-refractivity contribution in [2.75, 3.05) is 0 Å². The second kappa shape index (κ2) is 17.0. The minimum Gasteiger partial charge on any atom is -0.857 e. The fourth-order valence-electron chi connectivity index (χ4n) is 3.28. The number of aryl methyl sites for hydroxylation is 2. The molecule has 0 aliphatic carbocycles. The van der Waals surface area contributed by atoms with E-state index in [0.29, 0.717) is 34.2 Å². The number of aromatic nitrogens is 4. The summed E-state index contributed by atoms with van der Waals surface area (Å²) in [5, 5.41) is 57.6. The Labute approximate surface area is 254 Å². The predicted molar refractivity (Wildman–Crippen MR) is 151 cm³/mol. The van der Waals surface area contributed by atoms with Crippen LogP contribution in [-0.2, 0) is 19.5 Å². The Bertz CT molecular complexity index is 1370. The first kappa shape index (κ1) is 35.1. The monoisotopic (exact) mass is 620 g/mol. The molecule has 0 radical (unpaired) electrons. The topological polar surface area (TPSA) is 219 Å². The molecule has 2 aromatic carbocycles. The van der Waals surface area contributed by atoms with Crippen molar-refractivity contribution >= 4 is 23.2 Å². The van der Waals surface area contributed by atoms with Crippen LogP contribution in [0.4, 0.5) is 0 Å². The molecule has 0 spiro atoms. The van der Waals surface area contributed by atoms with Gasteiger partial charge in [0.25, 0.3) is 0 Å². The van der Waals surface area contributed by atoms with Gasteiger partial charge in [-0.25, -0.2) is 0 Å². The molecule has 0 saturated heterocycles. The van der Waals surface area contributed by atoms with Gasteiger partial charge in [0.2, 0.25) is 0 Å². The van der Waals surface area contributed by atoms with E-state index in [1.165, 1.54) is 24.3 Å². The number of nitrogens with zero attached hydrogens (tertiary/aromatic N) is 8. The largest absolute Gasteiger partial charge is 2.00 e. The van der Waals surface area contributed by atoms with Crippen LogP contribution in [0.3, 0.4) is 0 Å². The molecule has 0 aliphatic heterocycles. The van der Waals surface area contributed by atoms with Gasteiger partial charge < -0.3 is 25.9 Å². The van der Waals surface area contributed by atoms with Crippen molar-refractivity contribution in [3.63, 3.8) is 0 Å². The number of hydrogen-bond donors (Lipinski definition) is 2. The zero-order chi connectivity index (χ0) is 29.1. The maximum atomic E-state index is 11.8. The molecule has 0 amide bonds. The van der Waals surface area contributed by atoms with E-state index in [2.05, 4.69) is 40.3 Å². The molecule has 13 nitrogen and oxygen atoms in total. The molecule has 2 aromatic heterocycles. The first-order valence-electron chi connectivity index (χ1n) is 11.9. The van der Waals surface area contributed by atoms with Crippen molar-refractivity contribution in [3.8, 4) is 11.5 Å². The Morgan fingerprint density at radius 2 is 0.929 bits per heavy atom. The van der Waals surface area contributed by atoms with E-state index in [-0.39, 0.29) is 47.6 Å². The summed E-state index contributed by atoms with van der Waals surface area (Å²) in [4.78, 5) is 16.4. The molecule has 0 unspecified atom stereocenters. The SMILES string of the molecule is C/C(=N\N=C(/[O-])c1ccccc1O)c1nccnc1C.C/C(=N\N=C(/[O-])c1ccccc1O)c1nccnc1C.O.[Zn+2]. The van der Waals surface area contributed by atoms with Crippen molar-refractivity contribution in [3.05, 3.63) is 107 Å². The standard InChI is InChI=1S/2C14H14N4O2.H2O.Zn/c2*1-9-13(16-8-7-15-9)10(2)17-18-14(20)11-5-3-4-6-12(11)19;;/h2*3-8,19H,1-2H3,(H,18,20);1H2;/q;;;+2/p-2/b2*17-10+;;. The third-order valence-electron chi connectivity index (χ3n) is 5.30. The molecule has 0 atom stereocenters. The van der Waals surface area contributed by atoms with Crippen LogP contribution in [0.1, 0.15) is 47.8 Å². The van der Waals surface area contributed by atoms with E-state index in [1.807, 2.05) is 0 Å². The average molecular weight is 622 g/mol. The molecule has 14 heteroatoms. The van der Waals surface area contributed by atoms with Crippen LogP contribution in [0.15, 0.2) is 93.7 Å². The Morgan fingerprint density at radius 3 is 1.26 bits per heavy atom. The van der Waals surface area contributed by atoms with Gasteiger partial charge in [-0.05, 0) is 39.8 Å². The molecule has 0 bridgehead atoms. The maximum absolute atomic E-state index is 11.8. The normalized spacial score (nSPS) is 11.9. The average Bonchev–Trinajstić information content (AvgIpc) is 2.95. The second-order valence-corrected chi connectivity index (χ2v) is 8.20. The Hall–Kier alpha value is -4.94. The zero-order valence-corrected chi connectivity index (χ0v) is 26.4. The van der Waals surface area contributed by atoms with Crippen molar-refractivity contribution in [1.82, 2.24) is 19.9 Å². The van der Waals surface area contributed by atoms with Crippen molar-refractivity contribution in [2.45, 2.75) is 27.7 Å². The van der Waals surface area contributed by atoms with Gasteiger partial charge in [-0.2, -0.15) is 20.4 Å². The van der Waals surface area contributed by atoms with Gasteiger partial charge in [-0.15, -0.1) is 0 Å². The molecule has 212 valence electrons. The summed E-state index contributed by atoms with van der Waals surface area (Å²) in [7, 11) is 0. The summed E-state index contributed by atoms with van der Waals surface area (Å²) in [6, 6.07) is 12.4. The van der Waals surface area contributed by atoms with Crippen LogP contribution < -0.4 is 10.2 Å². The first-order chi connectivity index (χ1) is 19.2. The fourth-order valence-corrected chi connectivity index (χ4v) is 3.28. The van der Waals surface area contributed by atoms with Gasteiger partial charge in [0, 0.05) is 47.7 Å². The summed E-state index contributed by atoms with van der Waals surface area (Å²) in [5.74, 6) is -1.46. The third-order valence-corrected chi connectivity index (χ3v) is 5.30. The van der Waals surface area contributed by atoms with E-state index >= 15 is 0 Å². The zero-order valence-electron chi connectivity index (χ0n) is 23.4. The maximum Gasteiger partial charge on any atom is 2.00 e. The molecular formula is C28H28N8O5Zn. The van der Waals surface area contributed by atoms with Gasteiger partial charge in [0.1, 0.15) is 22.9 Å². The summed E-state index contributed by atoms with van der Waals surface area (Å²) in [6.07, 6.45) is 6.26. The van der Waals surface area contributed by atoms with Crippen LogP contribution in [0.5, 0.6) is 11.5 Å². The van der Waals surface area contributed by atoms with Crippen LogP contribution in [0.2, 0.25) is 0 Å². The van der Waals surface area contributed by atoms with E-state index < -0.39 is 11.8 Å². The molecule has 42 heavy (non-hydrogen) atoms. The molecule has 2 heterocycles. The minimum atomic E-state index is -0.607. The van der Waals surface area contributed by atoms with Gasteiger partial charge in [-0.3, -0.25) is 19.9 Å². The second-order valence-electron chi connectivity index (χ2n) is 8.20. The predicted octanol–water partition coefficient (Wildman–Crippen LogP) is 1.22. The fraction of sp³-hybridized carbons (Fsp3) is 0.143. The van der Waals surface area contributed by atoms with Crippen LogP contribution in [-0.4, -0.2) is 58.8 Å². The van der Waals surface area contributed by atoms with Gasteiger partial charge >= 0.3 is 19.5 Å². The smallest absolute Gasteiger partial charge is 0.857 e. The molecule has 4 aromatic rings. The number of rotatable bonds is 6. The molecule has 0 saturated carbocycles. The van der Waals surface area contributed by atoms with Gasteiger partial charge in [-0.1, -0.05) is 36.4 Å². The van der Waals surface area contributed by atoms with Crippen LogP contribution in [0.25, 0.3) is 0 Å². The minimum absolute atomic E-state index is 0. The molecule has 4 N–H and O–H groups in total. The molecule has 0 aliphatic rings. The first-order valence-corrected chi connectivity index (χ1v) is 11.9. The van der Waals surface area contributed by atoms with E-state index in [1.54, 1.807) is 76.7 Å². The Morgan fingerprint density at radius 1 is 0.595 bits per heavy atom. The van der Waals surface area contributed by atoms with Crippen molar-refractivity contribution in [2.24, 2.45) is 20.4 Å². The van der Waals surface area contributed by atoms with Crippen molar-refractivity contribution < 1.29 is 45.4 Å². The Kier molecular flexibility index (Phi) is 14.2.